The summed E-state index contributed by atoms with van der Waals surface area (Å²) in [5.41, 5.74) is 1.46. The summed E-state index contributed by atoms with van der Waals surface area (Å²) in [6, 6.07) is 2.18. The van der Waals surface area contributed by atoms with Gasteiger partial charge in [0.2, 0.25) is 10.0 Å². The number of thiophene rings is 1. The fourth-order valence-corrected chi connectivity index (χ4v) is 6.05. The van der Waals surface area contributed by atoms with E-state index in [0.29, 0.717) is 25.6 Å². The van der Waals surface area contributed by atoms with E-state index in [1.807, 2.05) is 11.3 Å². The average Bonchev–Trinajstić information content (AvgIpc) is 3.07. The molecule has 0 N–H and O–H groups in total. The fourth-order valence-electron chi connectivity index (χ4n) is 4.16. The topological polar surface area (TPSA) is 49.9 Å². The molecule has 0 amide bonds. The Kier molecular flexibility index (Phi) is 5.37. The van der Waals surface area contributed by atoms with Crippen LogP contribution < -0.4 is 0 Å². The van der Waals surface area contributed by atoms with Crippen LogP contribution in [0.25, 0.3) is 0 Å². The molecular weight excluding hydrogens is 344 g/mol. The monoisotopic (exact) mass is 372 g/mol. The van der Waals surface area contributed by atoms with Gasteiger partial charge in [0.15, 0.2) is 0 Å². The molecule has 0 saturated carbocycles. The first kappa shape index (κ1) is 18.3. The summed E-state index contributed by atoms with van der Waals surface area (Å²) in [5.74, 6) is 0.308. The molecule has 1 spiro atoms. The van der Waals surface area contributed by atoms with Crippen molar-refractivity contribution in [3.8, 4) is 0 Å². The van der Waals surface area contributed by atoms with Gasteiger partial charge in [-0.3, -0.25) is 4.90 Å². The molecule has 136 valence electrons. The molecule has 5 nitrogen and oxygen atoms in total. The zero-order valence-electron chi connectivity index (χ0n) is 14.8. The van der Waals surface area contributed by atoms with Crippen molar-refractivity contribution in [3.63, 3.8) is 0 Å². The van der Waals surface area contributed by atoms with Crippen LogP contribution in [0.1, 0.15) is 23.3 Å². The third kappa shape index (κ3) is 3.70. The van der Waals surface area contributed by atoms with Crippen molar-refractivity contribution >= 4 is 21.4 Å². The molecule has 0 bridgehead atoms. The van der Waals surface area contributed by atoms with E-state index in [1.54, 1.807) is 11.4 Å². The predicted octanol–water partition coefficient (Wildman–Crippen LogP) is 2.18. The van der Waals surface area contributed by atoms with E-state index in [4.69, 9.17) is 4.74 Å². The smallest absolute Gasteiger partial charge is 0.211 e. The van der Waals surface area contributed by atoms with E-state index in [1.165, 1.54) is 16.7 Å². The van der Waals surface area contributed by atoms with Gasteiger partial charge in [0.05, 0.1) is 12.9 Å². The quantitative estimate of drug-likeness (QED) is 0.795. The van der Waals surface area contributed by atoms with E-state index >= 15 is 0 Å². The van der Waals surface area contributed by atoms with Crippen LogP contribution >= 0.6 is 11.3 Å². The summed E-state index contributed by atoms with van der Waals surface area (Å²) in [7, 11) is -1.41. The lowest BCUT2D eigenvalue weighted by atomic mass is 9.71. The predicted molar refractivity (Wildman–Crippen MR) is 97.8 cm³/mol. The van der Waals surface area contributed by atoms with E-state index in [2.05, 4.69) is 23.3 Å². The molecule has 0 radical (unpaired) electrons. The summed E-state index contributed by atoms with van der Waals surface area (Å²) in [6.45, 7) is 7.18. The van der Waals surface area contributed by atoms with Gasteiger partial charge in [-0.1, -0.05) is 0 Å². The average molecular weight is 373 g/mol. The molecule has 0 aromatic carbocycles. The van der Waals surface area contributed by atoms with Crippen molar-refractivity contribution < 1.29 is 13.2 Å². The minimum Gasteiger partial charge on any atom is -0.384 e. The first-order valence-corrected chi connectivity index (χ1v) is 11.3. The van der Waals surface area contributed by atoms with Crippen molar-refractivity contribution in [2.45, 2.75) is 26.3 Å². The Labute approximate surface area is 149 Å². The molecule has 3 heterocycles. The molecule has 1 aromatic heterocycles. The Hall–Kier alpha value is -0.470. The molecule has 0 aliphatic carbocycles. The molecule has 2 fully saturated rings. The van der Waals surface area contributed by atoms with Gasteiger partial charge in [0.1, 0.15) is 0 Å². The highest BCUT2D eigenvalue weighted by Gasteiger charge is 2.50. The van der Waals surface area contributed by atoms with Gasteiger partial charge in [0.25, 0.3) is 0 Å². The molecule has 7 heteroatoms. The number of methoxy groups -OCH3 is 1. The van der Waals surface area contributed by atoms with Gasteiger partial charge in [-0.25, -0.2) is 12.7 Å². The normalized spacial score (nSPS) is 25.5. The Bertz CT molecular complexity index is 663. The SMILES string of the molecule is COCC1CN(S(C)(=O)=O)CC12CCN(Cc1sccc1C)CC2. The Morgan fingerprint density at radius 3 is 2.62 bits per heavy atom. The number of sulfonamides is 1. The second-order valence-corrected chi connectivity index (χ2v) is 10.4. The molecule has 2 aliphatic rings. The Morgan fingerprint density at radius 1 is 1.38 bits per heavy atom. The van der Waals surface area contributed by atoms with Crippen LogP contribution in [-0.2, 0) is 21.3 Å². The van der Waals surface area contributed by atoms with Crippen molar-refractivity contribution in [1.29, 1.82) is 0 Å². The van der Waals surface area contributed by atoms with Gasteiger partial charge in [-0.15, -0.1) is 11.3 Å². The molecular formula is C17H28N2O3S2. The van der Waals surface area contributed by atoms with E-state index in [9.17, 15) is 8.42 Å². The molecule has 1 aromatic rings. The van der Waals surface area contributed by atoms with Crippen molar-refractivity contribution in [3.05, 3.63) is 21.9 Å². The first-order chi connectivity index (χ1) is 11.3. The molecule has 2 saturated heterocycles. The summed E-state index contributed by atoms with van der Waals surface area (Å²) < 4.78 is 31.1. The molecule has 3 rings (SSSR count). The maximum atomic E-state index is 12.0. The first-order valence-electron chi connectivity index (χ1n) is 8.53. The van der Waals surface area contributed by atoms with E-state index in [0.717, 1.165) is 32.5 Å². The summed E-state index contributed by atoms with van der Waals surface area (Å²) in [5, 5.41) is 2.16. The minimum absolute atomic E-state index is 0.0834. The van der Waals surface area contributed by atoms with Crippen LogP contribution in [0.4, 0.5) is 0 Å². The second-order valence-electron chi connectivity index (χ2n) is 7.37. The standard InChI is InChI=1S/C17H28N2O3S2/c1-14-4-9-23-16(14)11-18-7-5-17(6-8-18)13-19(24(3,20)21)10-15(17)12-22-2/h4,9,15H,5-8,10-13H2,1-3H3. The van der Waals surface area contributed by atoms with Crippen LogP contribution in [0.3, 0.4) is 0 Å². The minimum atomic E-state index is -3.12. The lowest BCUT2D eigenvalue weighted by molar-refractivity contribution is 0.0360. The van der Waals surface area contributed by atoms with Crippen LogP contribution in [0, 0.1) is 18.3 Å². The number of rotatable bonds is 5. The summed E-state index contributed by atoms with van der Waals surface area (Å²) >= 11 is 1.83. The number of ether oxygens (including phenoxy) is 1. The van der Waals surface area contributed by atoms with Gasteiger partial charge < -0.3 is 4.74 Å². The Morgan fingerprint density at radius 2 is 2.08 bits per heavy atom. The number of likely N-dealkylation sites (tertiary alicyclic amines) is 1. The highest BCUT2D eigenvalue weighted by atomic mass is 32.2. The van der Waals surface area contributed by atoms with E-state index < -0.39 is 10.0 Å². The fraction of sp³-hybridized carbons (Fsp3) is 0.765. The second kappa shape index (κ2) is 7.03. The van der Waals surface area contributed by atoms with Gasteiger partial charge in [-0.2, -0.15) is 0 Å². The molecule has 24 heavy (non-hydrogen) atoms. The maximum Gasteiger partial charge on any atom is 0.211 e. The largest absolute Gasteiger partial charge is 0.384 e. The number of hydrogen-bond acceptors (Lipinski definition) is 5. The van der Waals surface area contributed by atoms with Crippen LogP contribution in [0.2, 0.25) is 0 Å². The van der Waals surface area contributed by atoms with Crippen LogP contribution in [-0.4, -0.2) is 63.8 Å². The van der Waals surface area contributed by atoms with Crippen LogP contribution in [0.15, 0.2) is 11.4 Å². The Balaban J connectivity index is 1.67. The van der Waals surface area contributed by atoms with Gasteiger partial charge in [0, 0.05) is 37.5 Å². The van der Waals surface area contributed by atoms with Crippen molar-refractivity contribution in [2.24, 2.45) is 11.3 Å². The number of nitrogens with zero attached hydrogens (tertiary/aromatic N) is 2. The number of aryl methyl sites for hydroxylation is 1. The highest BCUT2D eigenvalue weighted by molar-refractivity contribution is 7.88. The maximum absolute atomic E-state index is 12.0. The number of piperidine rings is 1. The van der Waals surface area contributed by atoms with E-state index in [-0.39, 0.29) is 5.41 Å². The molecule has 2 aliphatic heterocycles. The number of hydrogen-bond donors (Lipinski definition) is 0. The lowest BCUT2D eigenvalue weighted by Crippen LogP contribution is -2.45. The van der Waals surface area contributed by atoms with Gasteiger partial charge in [-0.05, 0) is 55.3 Å². The third-order valence-corrected chi connectivity index (χ3v) is 8.03. The lowest BCUT2D eigenvalue weighted by Gasteiger charge is -2.42. The zero-order valence-corrected chi connectivity index (χ0v) is 16.5. The van der Waals surface area contributed by atoms with Crippen molar-refractivity contribution in [2.75, 3.05) is 46.2 Å². The third-order valence-electron chi connectivity index (χ3n) is 5.81. The van der Waals surface area contributed by atoms with Crippen LogP contribution in [0.5, 0.6) is 0 Å². The van der Waals surface area contributed by atoms with Crippen molar-refractivity contribution in [1.82, 2.24) is 9.21 Å². The highest BCUT2D eigenvalue weighted by Crippen LogP contribution is 2.45. The van der Waals surface area contributed by atoms with Gasteiger partial charge >= 0.3 is 0 Å². The molecule has 1 unspecified atom stereocenters. The zero-order chi connectivity index (χ0) is 17.4. The summed E-state index contributed by atoms with van der Waals surface area (Å²) in [6.07, 6.45) is 3.43. The summed E-state index contributed by atoms with van der Waals surface area (Å²) in [4.78, 5) is 3.96. The molecule has 1 atom stereocenters.